The number of imide groups is 1. The van der Waals surface area contributed by atoms with E-state index in [1.54, 1.807) is 41.4 Å². The Morgan fingerprint density at radius 3 is 2.59 bits per heavy atom. The second kappa shape index (κ2) is 7.00. The molecule has 1 saturated heterocycles. The zero-order valence-corrected chi connectivity index (χ0v) is 15.3. The average Bonchev–Trinajstić information content (AvgIpc) is 3.17. The van der Waals surface area contributed by atoms with Gasteiger partial charge in [-0.15, -0.1) is 0 Å². The van der Waals surface area contributed by atoms with E-state index in [1.807, 2.05) is 19.1 Å². The summed E-state index contributed by atoms with van der Waals surface area (Å²) in [4.78, 5) is 26.9. The molecule has 2 aliphatic rings. The number of fused-ring (bicyclic) bond motifs is 1. The van der Waals surface area contributed by atoms with Gasteiger partial charge >= 0.3 is 0 Å². The summed E-state index contributed by atoms with van der Waals surface area (Å²) in [5.41, 5.74) is 1.39. The molecule has 2 aliphatic heterocycles. The molecule has 0 N–H and O–H groups in total. The highest BCUT2D eigenvalue weighted by Gasteiger charge is 2.54. The summed E-state index contributed by atoms with van der Waals surface area (Å²) in [5.74, 6) is -0.0181. The van der Waals surface area contributed by atoms with Crippen molar-refractivity contribution in [3.05, 3.63) is 59.1 Å². The molecule has 27 heavy (non-hydrogen) atoms. The molecule has 2 atom stereocenters. The summed E-state index contributed by atoms with van der Waals surface area (Å²) in [6, 6.07) is 12.6. The Balaban J connectivity index is 1.56. The zero-order valence-electron chi connectivity index (χ0n) is 14.6. The summed E-state index contributed by atoms with van der Waals surface area (Å²) < 4.78 is 5.40. The van der Waals surface area contributed by atoms with Gasteiger partial charge in [0.05, 0.1) is 18.8 Å². The van der Waals surface area contributed by atoms with E-state index in [1.165, 1.54) is 4.90 Å². The van der Waals surface area contributed by atoms with Gasteiger partial charge in [-0.25, -0.2) is 4.90 Å². The molecule has 2 heterocycles. The number of ether oxygens (including phenoxy) is 1. The predicted octanol–water partition coefficient (Wildman–Crippen LogP) is 3.23. The number of rotatable bonds is 5. The number of amides is 2. The van der Waals surface area contributed by atoms with Crippen LogP contribution in [0.4, 0.5) is 5.69 Å². The third kappa shape index (κ3) is 3.14. The Bertz CT molecular complexity index is 915. The molecule has 8 heteroatoms. The molecule has 0 bridgehead atoms. The van der Waals surface area contributed by atoms with Gasteiger partial charge in [-0.2, -0.15) is 5.11 Å². The van der Waals surface area contributed by atoms with E-state index in [-0.39, 0.29) is 11.8 Å². The topological polar surface area (TPSA) is 74.6 Å². The molecule has 0 radical (unpaired) electrons. The number of hydrogen-bond acceptors (Lipinski definition) is 6. The van der Waals surface area contributed by atoms with Crippen LogP contribution in [0.3, 0.4) is 0 Å². The summed E-state index contributed by atoms with van der Waals surface area (Å²) >= 11 is 6.02. The van der Waals surface area contributed by atoms with Crippen LogP contribution in [0.5, 0.6) is 5.75 Å². The highest BCUT2D eigenvalue weighted by Crippen LogP contribution is 2.33. The van der Waals surface area contributed by atoms with Crippen molar-refractivity contribution in [3.8, 4) is 5.75 Å². The summed E-state index contributed by atoms with van der Waals surface area (Å²) in [7, 11) is 0. The van der Waals surface area contributed by atoms with Gasteiger partial charge < -0.3 is 4.74 Å². The Kier molecular flexibility index (Phi) is 4.53. The molecule has 138 valence electrons. The number of nitrogens with zero attached hydrogens (tertiary/aromatic N) is 4. The maximum atomic E-state index is 13.0. The van der Waals surface area contributed by atoms with Crippen LogP contribution < -0.4 is 9.64 Å². The molecule has 2 amide bonds. The molecule has 1 fully saturated rings. The first-order valence-electron chi connectivity index (χ1n) is 8.61. The smallest absolute Gasteiger partial charge is 0.263 e. The Labute approximate surface area is 161 Å². The van der Waals surface area contributed by atoms with Gasteiger partial charge in [0.25, 0.3) is 11.8 Å². The van der Waals surface area contributed by atoms with Crippen molar-refractivity contribution in [2.24, 2.45) is 10.3 Å². The fourth-order valence-electron chi connectivity index (χ4n) is 3.29. The minimum absolute atomic E-state index is 0.332. The first kappa shape index (κ1) is 17.5. The molecule has 2 unspecified atom stereocenters. The molecule has 7 nitrogen and oxygen atoms in total. The molecular formula is C19H17ClN4O3. The number of hydrogen-bond donors (Lipinski definition) is 0. The summed E-state index contributed by atoms with van der Waals surface area (Å²) in [6.45, 7) is 2.79. The third-order valence-electron chi connectivity index (χ3n) is 4.50. The molecule has 0 spiro atoms. The SMILES string of the molecule is CCOc1ccc(N2C(=O)C3N=NN(Cc4cccc(Cl)c4)C3C2=O)cc1. The Morgan fingerprint density at radius 1 is 1.11 bits per heavy atom. The number of benzene rings is 2. The van der Waals surface area contributed by atoms with E-state index >= 15 is 0 Å². The van der Waals surface area contributed by atoms with Crippen LogP contribution in [0.25, 0.3) is 0 Å². The van der Waals surface area contributed by atoms with Crippen LogP contribution in [0.1, 0.15) is 12.5 Å². The number of carbonyl (C=O) groups is 2. The highest BCUT2D eigenvalue weighted by molar-refractivity contribution is 6.30. The number of carbonyl (C=O) groups excluding carboxylic acids is 2. The standard InChI is InChI=1S/C19H17ClN4O3/c1-2-27-15-8-6-14(7-9-15)24-18(25)16-17(19(24)26)23(22-21-16)11-12-4-3-5-13(20)10-12/h3-10,16-17H,2,11H2,1H3. The van der Waals surface area contributed by atoms with Crippen LogP contribution in [0.2, 0.25) is 5.02 Å². The second-order valence-electron chi connectivity index (χ2n) is 6.26. The molecule has 0 aliphatic carbocycles. The van der Waals surface area contributed by atoms with E-state index in [0.717, 1.165) is 5.56 Å². The van der Waals surface area contributed by atoms with Crippen molar-refractivity contribution in [1.82, 2.24) is 5.01 Å². The average molecular weight is 385 g/mol. The van der Waals surface area contributed by atoms with Crippen molar-refractivity contribution in [2.75, 3.05) is 11.5 Å². The maximum absolute atomic E-state index is 13.0. The number of halogens is 1. The lowest BCUT2D eigenvalue weighted by Gasteiger charge is -2.20. The lowest BCUT2D eigenvalue weighted by atomic mass is 10.1. The minimum atomic E-state index is -0.816. The van der Waals surface area contributed by atoms with E-state index in [0.29, 0.717) is 29.6 Å². The first-order chi connectivity index (χ1) is 13.1. The largest absolute Gasteiger partial charge is 0.494 e. The van der Waals surface area contributed by atoms with E-state index in [9.17, 15) is 9.59 Å². The molecule has 4 rings (SSSR count). The molecular weight excluding hydrogens is 368 g/mol. The van der Waals surface area contributed by atoms with Crippen LogP contribution in [0, 0.1) is 0 Å². The lowest BCUT2D eigenvalue weighted by Crippen LogP contribution is -2.39. The molecule has 0 saturated carbocycles. The van der Waals surface area contributed by atoms with Gasteiger partial charge in [0.2, 0.25) is 0 Å². The van der Waals surface area contributed by atoms with Gasteiger partial charge in [0.15, 0.2) is 12.1 Å². The van der Waals surface area contributed by atoms with E-state index in [2.05, 4.69) is 10.3 Å². The van der Waals surface area contributed by atoms with Crippen molar-refractivity contribution in [1.29, 1.82) is 0 Å². The quantitative estimate of drug-likeness (QED) is 0.742. The van der Waals surface area contributed by atoms with Crippen LogP contribution >= 0.6 is 11.6 Å². The van der Waals surface area contributed by atoms with Gasteiger partial charge in [0.1, 0.15) is 5.75 Å². The molecule has 2 aromatic carbocycles. The van der Waals surface area contributed by atoms with Crippen LogP contribution in [0.15, 0.2) is 58.9 Å². The maximum Gasteiger partial charge on any atom is 0.263 e. The Morgan fingerprint density at radius 2 is 1.89 bits per heavy atom. The lowest BCUT2D eigenvalue weighted by molar-refractivity contribution is -0.123. The normalized spacial score (nSPS) is 21.1. The Hall–Kier alpha value is -2.93. The van der Waals surface area contributed by atoms with Crippen molar-refractivity contribution in [2.45, 2.75) is 25.6 Å². The zero-order chi connectivity index (χ0) is 19.0. The van der Waals surface area contributed by atoms with Crippen molar-refractivity contribution >= 4 is 29.1 Å². The first-order valence-corrected chi connectivity index (χ1v) is 8.99. The van der Waals surface area contributed by atoms with Gasteiger partial charge in [-0.1, -0.05) is 29.0 Å². The van der Waals surface area contributed by atoms with Crippen LogP contribution in [-0.4, -0.2) is 35.5 Å². The minimum Gasteiger partial charge on any atom is -0.494 e. The van der Waals surface area contributed by atoms with Gasteiger partial charge in [0, 0.05) is 5.02 Å². The van der Waals surface area contributed by atoms with Crippen LogP contribution in [-0.2, 0) is 16.1 Å². The second-order valence-corrected chi connectivity index (χ2v) is 6.70. The monoisotopic (exact) mass is 384 g/mol. The predicted molar refractivity (Wildman–Crippen MR) is 99.5 cm³/mol. The molecule has 0 aromatic heterocycles. The van der Waals surface area contributed by atoms with Crippen molar-refractivity contribution < 1.29 is 14.3 Å². The molecule has 2 aromatic rings. The van der Waals surface area contributed by atoms with Gasteiger partial charge in [-0.3, -0.25) is 14.6 Å². The summed E-state index contributed by atoms with van der Waals surface area (Å²) in [6.07, 6.45) is 0. The summed E-state index contributed by atoms with van der Waals surface area (Å²) in [5, 5.41) is 10.2. The highest BCUT2D eigenvalue weighted by atomic mass is 35.5. The third-order valence-corrected chi connectivity index (χ3v) is 4.73. The van der Waals surface area contributed by atoms with Gasteiger partial charge in [-0.05, 0) is 48.9 Å². The fourth-order valence-corrected chi connectivity index (χ4v) is 3.50. The van der Waals surface area contributed by atoms with Crippen molar-refractivity contribution in [3.63, 3.8) is 0 Å². The van der Waals surface area contributed by atoms with E-state index < -0.39 is 12.1 Å². The number of anilines is 1. The van der Waals surface area contributed by atoms with E-state index in [4.69, 9.17) is 16.3 Å². The fraction of sp³-hybridized carbons (Fsp3) is 0.263.